The van der Waals surface area contributed by atoms with Gasteiger partial charge in [-0.15, -0.1) is 0 Å². The van der Waals surface area contributed by atoms with Gasteiger partial charge in [-0.2, -0.15) is 0 Å². The third kappa shape index (κ3) is 5.35. The second-order valence-corrected chi connectivity index (χ2v) is 3.70. The normalized spacial score (nSPS) is 11.4. The molecule has 0 aliphatic heterocycles. The highest BCUT2D eigenvalue weighted by Crippen LogP contribution is 2.00. The van der Waals surface area contributed by atoms with Crippen LogP contribution in [0.15, 0.2) is 42.5 Å². The van der Waals surface area contributed by atoms with E-state index in [1.165, 1.54) is 5.56 Å². The van der Waals surface area contributed by atoms with Gasteiger partial charge in [0.2, 0.25) is 0 Å². The van der Waals surface area contributed by atoms with Crippen molar-refractivity contribution in [3.8, 4) is 0 Å². The van der Waals surface area contributed by atoms with E-state index in [2.05, 4.69) is 48.4 Å². The van der Waals surface area contributed by atoms with Gasteiger partial charge in [0.1, 0.15) is 0 Å². The van der Waals surface area contributed by atoms with Crippen molar-refractivity contribution in [3.63, 3.8) is 0 Å². The van der Waals surface area contributed by atoms with Crippen LogP contribution in [0.3, 0.4) is 0 Å². The summed E-state index contributed by atoms with van der Waals surface area (Å²) in [6.07, 6.45) is 5.22. The maximum Gasteiger partial charge on any atom is 0.0160 e. The molecule has 82 valence electrons. The molecule has 0 aliphatic carbocycles. The molecule has 0 saturated carbocycles. The molecule has 1 aromatic carbocycles. The van der Waals surface area contributed by atoms with E-state index in [4.69, 9.17) is 5.73 Å². The van der Waals surface area contributed by atoms with Gasteiger partial charge in [-0.3, -0.25) is 0 Å². The minimum Gasteiger partial charge on any atom is -0.327 e. The molecule has 0 aliphatic rings. The molecule has 0 fully saturated rings. The van der Waals surface area contributed by atoms with Gasteiger partial charge >= 0.3 is 0 Å². The standard InChI is InChI=1S/C13H20N2/c1-15(11-6-5-10-14)12-9-13-7-3-2-4-8-13/h2-8H,9-12,14H2,1H3. The molecule has 0 amide bonds. The van der Waals surface area contributed by atoms with Crippen LogP contribution in [-0.2, 0) is 6.42 Å². The van der Waals surface area contributed by atoms with Crippen LogP contribution in [0.4, 0.5) is 0 Å². The predicted octanol–water partition coefficient (Wildman–Crippen LogP) is 1.68. The minimum atomic E-state index is 0.631. The smallest absolute Gasteiger partial charge is 0.0160 e. The molecule has 0 heterocycles. The summed E-state index contributed by atoms with van der Waals surface area (Å²) in [5.41, 5.74) is 6.77. The highest BCUT2D eigenvalue weighted by molar-refractivity contribution is 5.14. The summed E-state index contributed by atoms with van der Waals surface area (Å²) in [5.74, 6) is 0. The van der Waals surface area contributed by atoms with Crippen molar-refractivity contribution in [1.29, 1.82) is 0 Å². The van der Waals surface area contributed by atoms with E-state index in [0.717, 1.165) is 19.5 Å². The Hall–Kier alpha value is -1.12. The summed E-state index contributed by atoms with van der Waals surface area (Å²) < 4.78 is 0. The molecule has 0 aromatic heterocycles. The number of hydrogen-bond donors (Lipinski definition) is 1. The molecule has 2 N–H and O–H groups in total. The molecule has 15 heavy (non-hydrogen) atoms. The van der Waals surface area contributed by atoms with Crippen LogP contribution in [0.5, 0.6) is 0 Å². The van der Waals surface area contributed by atoms with Gasteiger partial charge in [0.05, 0.1) is 0 Å². The number of rotatable bonds is 6. The molecule has 1 rings (SSSR count). The van der Waals surface area contributed by atoms with Crippen LogP contribution in [0.1, 0.15) is 5.56 Å². The molecule has 2 heteroatoms. The Morgan fingerprint density at radius 1 is 1.20 bits per heavy atom. The lowest BCUT2D eigenvalue weighted by Gasteiger charge is -2.13. The Morgan fingerprint density at radius 3 is 2.60 bits per heavy atom. The van der Waals surface area contributed by atoms with Crippen molar-refractivity contribution in [2.45, 2.75) is 6.42 Å². The molecular weight excluding hydrogens is 184 g/mol. The lowest BCUT2D eigenvalue weighted by molar-refractivity contribution is 0.375. The van der Waals surface area contributed by atoms with E-state index < -0.39 is 0 Å². The van der Waals surface area contributed by atoms with Crippen LogP contribution >= 0.6 is 0 Å². The third-order valence-corrected chi connectivity index (χ3v) is 2.34. The first-order valence-electron chi connectivity index (χ1n) is 5.40. The van der Waals surface area contributed by atoms with Crippen molar-refractivity contribution in [1.82, 2.24) is 4.90 Å². The van der Waals surface area contributed by atoms with Crippen LogP contribution in [0.25, 0.3) is 0 Å². The average Bonchev–Trinajstić information content (AvgIpc) is 2.28. The van der Waals surface area contributed by atoms with Crippen molar-refractivity contribution in [3.05, 3.63) is 48.0 Å². The summed E-state index contributed by atoms with van der Waals surface area (Å²) >= 11 is 0. The second kappa shape index (κ2) is 7.21. The van der Waals surface area contributed by atoms with E-state index in [-0.39, 0.29) is 0 Å². The molecule has 1 aromatic rings. The molecule has 0 saturated heterocycles. The van der Waals surface area contributed by atoms with Gasteiger partial charge in [0, 0.05) is 19.6 Å². The largest absolute Gasteiger partial charge is 0.327 e. The minimum absolute atomic E-state index is 0.631. The van der Waals surface area contributed by atoms with Gasteiger partial charge in [-0.05, 0) is 19.0 Å². The average molecular weight is 204 g/mol. The Kier molecular flexibility index (Phi) is 5.74. The second-order valence-electron chi connectivity index (χ2n) is 3.70. The first-order chi connectivity index (χ1) is 7.33. The third-order valence-electron chi connectivity index (χ3n) is 2.34. The molecular formula is C13H20N2. The number of benzene rings is 1. The van der Waals surface area contributed by atoms with Crippen molar-refractivity contribution in [2.24, 2.45) is 5.73 Å². The topological polar surface area (TPSA) is 29.3 Å². The van der Waals surface area contributed by atoms with Crippen LogP contribution in [-0.4, -0.2) is 31.6 Å². The first kappa shape index (κ1) is 12.0. The highest BCUT2D eigenvalue weighted by atomic mass is 15.1. The van der Waals surface area contributed by atoms with Gasteiger partial charge in [0.15, 0.2) is 0 Å². The van der Waals surface area contributed by atoms with Crippen molar-refractivity contribution >= 4 is 0 Å². The number of likely N-dealkylation sites (N-methyl/N-ethyl adjacent to an activating group) is 1. The summed E-state index contributed by atoms with van der Waals surface area (Å²) in [6, 6.07) is 10.6. The fourth-order valence-electron chi connectivity index (χ4n) is 1.41. The molecule has 0 spiro atoms. The Morgan fingerprint density at radius 2 is 1.93 bits per heavy atom. The zero-order chi connectivity index (χ0) is 10.9. The van der Waals surface area contributed by atoms with Crippen molar-refractivity contribution < 1.29 is 0 Å². The maximum atomic E-state index is 5.37. The number of hydrogen-bond acceptors (Lipinski definition) is 2. The zero-order valence-electron chi connectivity index (χ0n) is 9.39. The van der Waals surface area contributed by atoms with Gasteiger partial charge in [-0.1, -0.05) is 42.5 Å². The van der Waals surface area contributed by atoms with Gasteiger partial charge in [-0.25, -0.2) is 0 Å². The molecule has 0 atom stereocenters. The van der Waals surface area contributed by atoms with Gasteiger partial charge < -0.3 is 10.6 Å². The fraction of sp³-hybridized carbons (Fsp3) is 0.385. The van der Waals surface area contributed by atoms with E-state index in [0.29, 0.717) is 6.54 Å². The van der Waals surface area contributed by atoms with Crippen LogP contribution in [0, 0.1) is 0 Å². The van der Waals surface area contributed by atoms with E-state index in [9.17, 15) is 0 Å². The molecule has 0 unspecified atom stereocenters. The monoisotopic (exact) mass is 204 g/mol. The quantitative estimate of drug-likeness (QED) is 0.714. The Bertz CT molecular complexity index is 280. The van der Waals surface area contributed by atoms with Crippen LogP contribution < -0.4 is 5.73 Å². The van der Waals surface area contributed by atoms with Crippen LogP contribution in [0.2, 0.25) is 0 Å². The highest BCUT2D eigenvalue weighted by Gasteiger charge is 1.96. The predicted molar refractivity (Wildman–Crippen MR) is 65.8 cm³/mol. The Balaban J connectivity index is 2.22. The lowest BCUT2D eigenvalue weighted by Crippen LogP contribution is -2.21. The molecule has 2 nitrogen and oxygen atoms in total. The van der Waals surface area contributed by atoms with E-state index in [1.54, 1.807) is 0 Å². The summed E-state index contributed by atoms with van der Waals surface area (Å²) in [6.45, 7) is 2.69. The lowest BCUT2D eigenvalue weighted by atomic mass is 10.1. The fourth-order valence-corrected chi connectivity index (χ4v) is 1.41. The molecule has 0 radical (unpaired) electrons. The summed E-state index contributed by atoms with van der Waals surface area (Å²) in [7, 11) is 2.13. The van der Waals surface area contributed by atoms with E-state index >= 15 is 0 Å². The zero-order valence-corrected chi connectivity index (χ0v) is 9.39. The SMILES string of the molecule is CN(CC=CCN)CCc1ccccc1. The Labute approximate surface area is 92.4 Å². The van der Waals surface area contributed by atoms with E-state index in [1.807, 2.05) is 6.08 Å². The summed E-state index contributed by atoms with van der Waals surface area (Å²) in [4.78, 5) is 2.29. The number of nitrogens with zero attached hydrogens (tertiary/aromatic N) is 1. The van der Waals surface area contributed by atoms with Crippen molar-refractivity contribution in [2.75, 3.05) is 26.7 Å². The number of nitrogens with two attached hydrogens (primary N) is 1. The maximum absolute atomic E-state index is 5.37. The van der Waals surface area contributed by atoms with Gasteiger partial charge in [0.25, 0.3) is 0 Å². The summed E-state index contributed by atoms with van der Waals surface area (Å²) in [5, 5.41) is 0. The molecule has 0 bridgehead atoms. The first-order valence-corrected chi connectivity index (χ1v) is 5.40.